The average molecular weight is 422 g/mol. The van der Waals surface area contributed by atoms with Crippen molar-refractivity contribution in [1.82, 2.24) is 9.88 Å². The molecule has 5 rings (SSSR count). The smallest absolute Gasteiger partial charge is 0.135 e. The minimum Gasteiger partial charge on any atom is -0.510 e. The van der Waals surface area contributed by atoms with E-state index in [1.165, 1.54) is 22.5 Å². The van der Waals surface area contributed by atoms with Crippen LogP contribution in [0.5, 0.6) is 0 Å². The number of nitrogens with one attached hydrogen (secondary N) is 1. The Morgan fingerprint density at radius 1 is 1.14 bits per heavy atom. The highest BCUT2D eigenvalue weighted by Crippen LogP contribution is 2.40. The van der Waals surface area contributed by atoms with Gasteiger partial charge >= 0.3 is 0 Å². The van der Waals surface area contributed by atoms with E-state index in [-0.39, 0.29) is 11.8 Å². The van der Waals surface area contributed by atoms with E-state index in [2.05, 4.69) is 24.3 Å². The zero-order valence-corrected chi connectivity index (χ0v) is 17.3. The predicted octanol–water partition coefficient (Wildman–Crippen LogP) is 6.10. The van der Waals surface area contributed by atoms with Gasteiger partial charge in [-0.05, 0) is 42.5 Å². The first kappa shape index (κ1) is 18.4. The molecule has 0 amide bonds. The van der Waals surface area contributed by atoms with Crippen LogP contribution >= 0.6 is 22.9 Å². The average Bonchev–Trinajstić information content (AvgIpc) is 3.32. The fraction of sp³-hybridized carbons (Fsp3) is 0.217. The Kier molecular flexibility index (Phi) is 4.64. The van der Waals surface area contributed by atoms with E-state index in [0.29, 0.717) is 28.0 Å². The van der Waals surface area contributed by atoms with Gasteiger partial charge in [0, 0.05) is 16.0 Å². The van der Waals surface area contributed by atoms with Gasteiger partial charge in [-0.2, -0.15) is 0 Å². The molecule has 2 N–H and O–H groups in total. The summed E-state index contributed by atoms with van der Waals surface area (Å²) in [5.41, 5.74) is 4.98. The molecule has 2 aliphatic rings. The summed E-state index contributed by atoms with van der Waals surface area (Å²) in [5, 5.41) is 22.9. The molecule has 0 spiro atoms. The summed E-state index contributed by atoms with van der Waals surface area (Å²) in [6, 6.07) is 16.1. The summed E-state index contributed by atoms with van der Waals surface area (Å²) in [5.74, 6) is 0.594. The molecule has 0 saturated carbocycles. The SMILES string of the molecule is N=C1C(c2nc(-c3ccc(Cl)cc3)cs2)=C(O)CN1[C@@H]1CCCc2ccccc21. The van der Waals surface area contributed by atoms with Gasteiger partial charge in [0.15, 0.2) is 0 Å². The zero-order valence-electron chi connectivity index (χ0n) is 15.7. The van der Waals surface area contributed by atoms with Crippen LogP contribution in [0.3, 0.4) is 0 Å². The first-order chi connectivity index (χ1) is 14.1. The first-order valence-corrected chi connectivity index (χ1v) is 10.9. The number of aryl methyl sites for hydroxylation is 1. The Morgan fingerprint density at radius 3 is 2.76 bits per heavy atom. The first-order valence-electron chi connectivity index (χ1n) is 9.69. The number of fused-ring (bicyclic) bond motifs is 1. The molecule has 1 aliphatic heterocycles. The molecule has 3 aromatic rings. The second-order valence-corrected chi connectivity index (χ2v) is 8.74. The Hall–Kier alpha value is -2.63. The van der Waals surface area contributed by atoms with Crippen molar-refractivity contribution in [2.45, 2.75) is 25.3 Å². The summed E-state index contributed by atoms with van der Waals surface area (Å²) in [6.45, 7) is 0.364. The topological polar surface area (TPSA) is 60.2 Å². The Morgan fingerprint density at radius 2 is 1.93 bits per heavy atom. The number of amidine groups is 1. The van der Waals surface area contributed by atoms with Crippen LogP contribution in [0.4, 0.5) is 0 Å². The van der Waals surface area contributed by atoms with Crippen LogP contribution in [0, 0.1) is 5.41 Å². The number of halogens is 1. The second kappa shape index (κ2) is 7.32. The van der Waals surface area contributed by atoms with Crippen molar-refractivity contribution in [2.75, 3.05) is 6.54 Å². The number of benzene rings is 2. The van der Waals surface area contributed by atoms with Gasteiger partial charge in [0.25, 0.3) is 0 Å². The maximum Gasteiger partial charge on any atom is 0.135 e. The zero-order chi connectivity index (χ0) is 20.0. The van der Waals surface area contributed by atoms with Crippen LogP contribution in [0.25, 0.3) is 16.8 Å². The van der Waals surface area contributed by atoms with Crippen molar-refractivity contribution in [3.63, 3.8) is 0 Å². The standard InChI is InChI=1S/C23H20ClN3OS/c24-16-10-8-15(9-11-16)18-13-29-23(26-18)21-20(28)12-27(22(21)25)19-7-3-5-14-4-1-2-6-17(14)19/h1-2,4,6,8-11,13,19,25,28H,3,5,7,12H2/t19-/m1/s1. The minimum absolute atomic E-state index is 0.128. The van der Waals surface area contributed by atoms with Gasteiger partial charge in [0.2, 0.25) is 0 Å². The molecule has 146 valence electrons. The summed E-state index contributed by atoms with van der Waals surface area (Å²) >= 11 is 7.44. The molecule has 0 unspecified atom stereocenters. The molecule has 0 bridgehead atoms. The summed E-state index contributed by atoms with van der Waals surface area (Å²) in [4.78, 5) is 6.73. The van der Waals surface area contributed by atoms with Crippen molar-refractivity contribution in [1.29, 1.82) is 5.41 Å². The van der Waals surface area contributed by atoms with Gasteiger partial charge in [0.1, 0.15) is 16.6 Å². The third kappa shape index (κ3) is 3.24. The van der Waals surface area contributed by atoms with Crippen molar-refractivity contribution >= 4 is 34.3 Å². The van der Waals surface area contributed by atoms with Crippen molar-refractivity contribution in [3.8, 4) is 11.3 Å². The summed E-state index contributed by atoms with van der Waals surface area (Å²) in [6.07, 6.45) is 3.17. The van der Waals surface area contributed by atoms with E-state index in [1.54, 1.807) is 0 Å². The van der Waals surface area contributed by atoms with E-state index in [9.17, 15) is 5.11 Å². The molecule has 29 heavy (non-hydrogen) atoms. The maximum atomic E-state index is 10.7. The van der Waals surface area contributed by atoms with Crippen LogP contribution in [0.15, 0.2) is 59.7 Å². The van der Waals surface area contributed by atoms with E-state index < -0.39 is 0 Å². The highest BCUT2D eigenvalue weighted by molar-refractivity contribution is 7.11. The van der Waals surface area contributed by atoms with E-state index >= 15 is 0 Å². The molecule has 1 atom stereocenters. The lowest BCUT2D eigenvalue weighted by atomic mass is 9.87. The molecule has 0 radical (unpaired) electrons. The maximum absolute atomic E-state index is 10.7. The number of aromatic nitrogens is 1. The molecule has 1 aliphatic carbocycles. The number of thiazole rings is 1. The number of rotatable bonds is 3. The quantitative estimate of drug-likeness (QED) is 0.536. The van der Waals surface area contributed by atoms with Crippen molar-refractivity contribution in [2.24, 2.45) is 0 Å². The van der Waals surface area contributed by atoms with Crippen LogP contribution in [0.1, 0.15) is 35.0 Å². The highest BCUT2D eigenvalue weighted by Gasteiger charge is 2.36. The number of hydrogen-bond donors (Lipinski definition) is 2. The monoisotopic (exact) mass is 421 g/mol. The van der Waals surface area contributed by atoms with E-state index in [4.69, 9.17) is 22.0 Å². The number of nitrogens with zero attached hydrogens (tertiary/aromatic N) is 2. The minimum atomic E-state index is 0.128. The molecular weight excluding hydrogens is 402 g/mol. The van der Waals surface area contributed by atoms with Crippen LogP contribution < -0.4 is 0 Å². The largest absolute Gasteiger partial charge is 0.510 e. The number of aliphatic hydroxyl groups excluding tert-OH is 1. The third-order valence-corrected chi connectivity index (χ3v) is 6.82. The van der Waals surface area contributed by atoms with Crippen LogP contribution in [-0.2, 0) is 6.42 Å². The van der Waals surface area contributed by atoms with E-state index in [0.717, 1.165) is 30.5 Å². The lowest BCUT2D eigenvalue weighted by Crippen LogP contribution is -2.33. The molecular formula is C23H20ClN3OS. The van der Waals surface area contributed by atoms with Gasteiger partial charge in [-0.15, -0.1) is 11.3 Å². The molecule has 2 heterocycles. The molecule has 4 nitrogen and oxygen atoms in total. The lowest BCUT2D eigenvalue weighted by molar-refractivity contribution is 0.274. The Bertz CT molecular complexity index is 1120. The molecule has 2 aromatic carbocycles. The van der Waals surface area contributed by atoms with Crippen molar-refractivity contribution < 1.29 is 5.11 Å². The molecule has 6 heteroatoms. The van der Waals surface area contributed by atoms with Gasteiger partial charge in [-0.25, -0.2) is 4.98 Å². The highest BCUT2D eigenvalue weighted by atomic mass is 35.5. The normalized spacial score (nSPS) is 19.0. The van der Waals surface area contributed by atoms with Gasteiger partial charge in [-0.1, -0.05) is 48.0 Å². The van der Waals surface area contributed by atoms with Crippen LogP contribution in [-0.4, -0.2) is 27.4 Å². The van der Waals surface area contributed by atoms with Gasteiger partial charge in [0.05, 0.1) is 23.9 Å². The van der Waals surface area contributed by atoms with E-state index in [1.807, 2.05) is 34.5 Å². The van der Waals surface area contributed by atoms with Gasteiger partial charge in [-0.3, -0.25) is 5.41 Å². The van der Waals surface area contributed by atoms with Crippen molar-refractivity contribution in [3.05, 3.63) is 80.8 Å². The lowest BCUT2D eigenvalue weighted by Gasteiger charge is -2.34. The van der Waals surface area contributed by atoms with Gasteiger partial charge < -0.3 is 10.0 Å². The fourth-order valence-corrected chi connectivity index (χ4v) is 5.31. The molecule has 1 aromatic heterocycles. The summed E-state index contributed by atoms with van der Waals surface area (Å²) in [7, 11) is 0. The molecule has 0 fully saturated rings. The Balaban J connectivity index is 1.44. The second-order valence-electron chi connectivity index (χ2n) is 7.45. The predicted molar refractivity (Wildman–Crippen MR) is 119 cm³/mol. The molecule has 0 saturated heterocycles. The number of aliphatic hydroxyl groups is 1. The van der Waals surface area contributed by atoms with Crippen LogP contribution in [0.2, 0.25) is 5.02 Å². The fourth-order valence-electron chi connectivity index (χ4n) is 4.28. The third-order valence-electron chi connectivity index (χ3n) is 5.70. The Labute approximate surface area is 178 Å². The number of hydrogen-bond acceptors (Lipinski definition) is 4. The summed E-state index contributed by atoms with van der Waals surface area (Å²) < 4.78 is 0.